The van der Waals surface area contributed by atoms with Gasteiger partial charge in [-0.1, -0.05) is 11.6 Å². The van der Waals surface area contributed by atoms with Crippen LogP contribution in [-0.2, 0) is 0 Å². The fraction of sp³-hybridized carbons (Fsp3) is 0.833. The number of nitrogens with two attached hydrogens (primary N) is 1. The van der Waals surface area contributed by atoms with Crippen molar-refractivity contribution in [2.75, 3.05) is 20.1 Å². The van der Waals surface area contributed by atoms with Gasteiger partial charge in [-0.3, -0.25) is 0 Å². The summed E-state index contributed by atoms with van der Waals surface area (Å²) in [6.07, 6.45) is 7.29. The molecule has 0 aromatic carbocycles. The third-order valence-electron chi connectivity index (χ3n) is 4.30. The summed E-state index contributed by atoms with van der Waals surface area (Å²) in [5.41, 5.74) is 8.31. The van der Waals surface area contributed by atoms with E-state index in [2.05, 4.69) is 24.9 Å². The summed E-state index contributed by atoms with van der Waals surface area (Å²) >= 11 is 0. The van der Waals surface area contributed by atoms with Crippen molar-refractivity contribution in [2.24, 2.45) is 11.1 Å². The van der Waals surface area contributed by atoms with Crippen LogP contribution in [0.1, 0.15) is 32.6 Å². The normalized spacial score (nSPS) is 35.6. The third-order valence-corrected chi connectivity index (χ3v) is 4.30. The Morgan fingerprint density at radius 2 is 2.07 bits per heavy atom. The number of nitrogens with zero attached hydrogens (tertiary/aromatic N) is 1. The van der Waals surface area contributed by atoms with Crippen molar-refractivity contribution in [1.82, 2.24) is 4.90 Å². The van der Waals surface area contributed by atoms with E-state index in [1.165, 1.54) is 38.8 Å². The molecule has 0 bridgehead atoms. The van der Waals surface area contributed by atoms with Crippen LogP contribution in [0.2, 0.25) is 0 Å². The Labute approximate surface area is 87.2 Å². The molecule has 0 radical (unpaired) electrons. The maximum absolute atomic E-state index is 6.30. The third kappa shape index (κ3) is 1.41. The first kappa shape index (κ1) is 10.2. The van der Waals surface area contributed by atoms with Crippen LogP contribution < -0.4 is 5.73 Å². The fourth-order valence-corrected chi connectivity index (χ4v) is 3.22. The molecule has 14 heavy (non-hydrogen) atoms. The smallest absolute Gasteiger partial charge is 0.0137 e. The lowest BCUT2D eigenvalue weighted by Crippen LogP contribution is -2.46. The zero-order valence-electron chi connectivity index (χ0n) is 9.42. The second kappa shape index (κ2) is 3.67. The van der Waals surface area contributed by atoms with Crippen molar-refractivity contribution < 1.29 is 0 Å². The molecular weight excluding hydrogens is 172 g/mol. The summed E-state index contributed by atoms with van der Waals surface area (Å²) in [5.74, 6) is 0. The van der Waals surface area contributed by atoms with E-state index in [-0.39, 0.29) is 0 Å². The molecule has 2 fully saturated rings. The van der Waals surface area contributed by atoms with Gasteiger partial charge in [0, 0.05) is 11.5 Å². The molecule has 1 saturated carbocycles. The standard InChI is InChI=1S/C12H22N2/c1-3-10-4-5-11(13)12(10)6-8-14(2)9-7-12/h3,11H,4-9,13H2,1-2H3/b10-3+/t11-/m1/s1. The molecular formula is C12H22N2. The van der Waals surface area contributed by atoms with E-state index in [1.54, 1.807) is 5.57 Å². The fourth-order valence-electron chi connectivity index (χ4n) is 3.22. The predicted octanol–water partition coefficient (Wildman–Crippen LogP) is 1.77. The quantitative estimate of drug-likeness (QED) is 0.595. The van der Waals surface area contributed by atoms with E-state index in [9.17, 15) is 0 Å². The maximum Gasteiger partial charge on any atom is 0.0137 e. The van der Waals surface area contributed by atoms with Crippen LogP contribution in [0.5, 0.6) is 0 Å². The van der Waals surface area contributed by atoms with Crippen molar-refractivity contribution in [3.05, 3.63) is 11.6 Å². The van der Waals surface area contributed by atoms with Gasteiger partial charge < -0.3 is 10.6 Å². The predicted molar refractivity (Wildman–Crippen MR) is 60.1 cm³/mol. The highest BCUT2D eigenvalue weighted by Crippen LogP contribution is 2.49. The highest BCUT2D eigenvalue weighted by Gasteiger charge is 2.45. The van der Waals surface area contributed by atoms with Crippen LogP contribution in [0, 0.1) is 5.41 Å². The molecule has 2 rings (SSSR count). The number of hydrogen-bond donors (Lipinski definition) is 1. The topological polar surface area (TPSA) is 29.3 Å². The van der Waals surface area contributed by atoms with Gasteiger partial charge >= 0.3 is 0 Å². The lowest BCUT2D eigenvalue weighted by Gasteiger charge is -2.42. The average Bonchev–Trinajstić information content (AvgIpc) is 2.49. The first-order valence-electron chi connectivity index (χ1n) is 5.79. The SMILES string of the molecule is C/C=C1\CC[C@@H](N)C12CCN(C)CC2. The van der Waals surface area contributed by atoms with Crippen LogP contribution in [0.3, 0.4) is 0 Å². The van der Waals surface area contributed by atoms with Crippen molar-refractivity contribution in [3.8, 4) is 0 Å². The summed E-state index contributed by atoms with van der Waals surface area (Å²) in [5, 5.41) is 0. The summed E-state index contributed by atoms with van der Waals surface area (Å²) < 4.78 is 0. The van der Waals surface area contributed by atoms with Crippen molar-refractivity contribution >= 4 is 0 Å². The van der Waals surface area contributed by atoms with Crippen LogP contribution >= 0.6 is 0 Å². The van der Waals surface area contributed by atoms with E-state index in [1.807, 2.05) is 0 Å². The highest BCUT2D eigenvalue weighted by molar-refractivity contribution is 5.24. The molecule has 1 atom stereocenters. The molecule has 2 nitrogen and oxygen atoms in total. The van der Waals surface area contributed by atoms with Gasteiger partial charge in [0.25, 0.3) is 0 Å². The lowest BCUT2D eigenvalue weighted by atomic mass is 9.71. The van der Waals surface area contributed by atoms with Crippen LogP contribution in [0.25, 0.3) is 0 Å². The van der Waals surface area contributed by atoms with E-state index in [0.29, 0.717) is 11.5 Å². The minimum atomic E-state index is 0.376. The largest absolute Gasteiger partial charge is 0.327 e. The van der Waals surface area contributed by atoms with Crippen molar-refractivity contribution in [1.29, 1.82) is 0 Å². The van der Waals surface area contributed by atoms with Gasteiger partial charge in [-0.15, -0.1) is 0 Å². The Bertz CT molecular complexity index is 237. The molecule has 0 amide bonds. The van der Waals surface area contributed by atoms with Gasteiger partial charge in [0.15, 0.2) is 0 Å². The summed E-state index contributed by atoms with van der Waals surface area (Å²) in [4.78, 5) is 2.42. The minimum Gasteiger partial charge on any atom is -0.327 e. The summed E-state index contributed by atoms with van der Waals surface area (Å²) in [6.45, 7) is 4.60. The number of rotatable bonds is 0. The second-order valence-corrected chi connectivity index (χ2v) is 4.92. The van der Waals surface area contributed by atoms with E-state index < -0.39 is 0 Å². The van der Waals surface area contributed by atoms with Crippen LogP contribution in [0.15, 0.2) is 11.6 Å². The van der Waals surface area contributed by atoms with Gasteiger partial charge in [0.2, 0.25) is 0 Å². The molecule has 1 heterocycles. The summed E-state index contributed by atoms with van der Waals surface area (Å²) in [7, 11) is 2.21. The Morgan fingerprint density at radius 3 is 2.64 bits per heavy atom. The Morgan fingerprint density at radius 1 is 1.43 bits per heavy atom. The number of hydrogen-bond acceptors (Lipinski definition) is 2. The lowest BCUT2D eigenvalue weighted by molar-refractivity contribution is 0.143. The zero-order valence-corrected chi connectivity index (χ0v) is 9.42. The van der Waals surface area contributed by atoms with Gasteiger partial charge in [-0.2, -0.15) is 0 Å². The Hall–Kier alpha value is -0.340. The summed E-state index contributed by atoms with van der Waals surface area (Å²) in [6, 6.07) is 0.419. The van der Waals surface area contributed by atoms with Gasteiger partial charge in [0.1, 0.15) is 0 Å². The van der Waals surface area contributed by atoms with Crippen LogP contribution in [-0.4, -0.2) is 31.1 Å². The maximum atomic E-state index is 6.30. The molecule has 1 aliphatic carbocycles. The second-order valence-electron chi connectivity index (χ2n) is 4.92. The molecule has 2 aliphatic rings. The zero-order chi connectivity index (χ0) is 10.2. The van der Waals surface area contributed by atoms with Crippen molar-refractivity contribution in [3.63, 3.8) is 0 Å². The van der Waals surface area contributed by atoms with Gasteiger partial charge in [0.05, 0.1) is 0 Å². The highest BCUT2D eigenvalue weighted by atomic mass is 15.1. The molecule has 2 N–H and O–H groups in total. The Balaban J connectivity index is 2.20. The van der Waals surface area contributed by atoms with Crippen molar-refractivity contribution in [2.45, 2.75) is 38.6 Å². The number of likely N-dealkylation sites (tertiary alicyclic amines) is 1. The van der Waals surface area contributed by atoms with Crippen LogP contribution in [0.4, 0.5) is 0 Å². The first-order chi connectivity index (χ1) is 6.69. The van der Waals surface area contributed by atoms with Gasteiger partial charge in [-0.25, -0.2) is 0 Å². The van der Waals surface area contributed by atoms with E-state index in [4.69, 9.17) is 5.73 Å². The number of allylic oxidation sites excluding steroid dienone is 1. The molecule has 0 aromatic heterocycles. The van der Waals surface area contributed by atoms with Gasteiger partial charge in [-0.05, 0) is 52.7 Å². The monoisotopic (exact) mass is 194 g/mol. The van der Waals surface area contributed by atoms with E-state index >= 15 is 0 Å². The molecule has 2 heteroatoms. The number of piperidine rings is 1. The molecule has 80 valence electrons. The first-order valence-corrected chi connectivity index (χ1v) is 5.79. The molecule has 1 saturated heterocycles. The molecule has 0 aromatic rings. The molecule has 0 unspecified atom stereocenters. The average molecular weight is 194 g/mol. The molecule has 1 aliphatic heterocycles. The van der Waals surface area contributed by atoms with E-state index in [0.717, 1.165) is 0 Å². The molecule has 1 spiro atoms. The minimum absolute atomic E-state index is 0.376. The Kier molecular flexibility index (Phi) is 2.67.